The first-order valence-electron chi connectivity index (χ1n) is 8.01. The van der Waals surface area contributed by atoms with Crippen LogP contribution in [-0.2, 0) is 11.3 Å². The van der Waals surface area contributed by atoms with Crippen LogP contribution >= 0.6 is 11.6 Å². The summed E-state index contributed by atoms with van der Waals surface area (Å²) in [6, 6.07) is 6.93. The Hall–Kier alpha value is -0.770. The van der Waals surface area contributed by atoms with Crippen LogP contribution in [0.3, 0.4) is 0 Å². The number of rotatable bonds is 8. The molecular weight excluding hydrogens is 284 g/mol. The standard InChI is InChI=1S/C17H27ClN2O/c1-3-20(16-6-4-5-7-16)17-12-15(18)9-8-14(17)13-19-10-11-21-2/h8-9,12,16,19H,3-7,10-11,13H2,1-2H3. The molecule has 0 amide bonds. The van der Waals surface area contributed by atoms with E-state index in [0.717, 1.165) is 31.3 Å². The second-order valence-corrected chi connectivity index (χ2v) is 6.10. The Morgan fingerprint density at radius 2 is 2.10 bits per heavy atom. The number of methoxy groups -OCH3 is 1. The quantitative estimate of drug-likeness (QED) is 0.738. The van der Waals surface area contributed by atoms with E-state index in [1.54, 1.807) is 7.11 Å². The molecule has 1 aromatic rings. The molecule has 1 fully saturated rings. The molecule has 4 heteroatoms. The average Bonchev–Trinajstić information content (AvgIpc) is 3.00. The molecule has 0 atom stereocenters. The van der Waals surface area contributed by atoms with E-state index in [2.05, 4.69) is 29.3 Å². The smallest absolute Gasteiger partial charge is 0.0587 e. The lowest BCUT2D eigenvalue weighted by molar-refractivity contribution is 0.199. The summed E-state index contributed by atoms with van der Waals surface area (Å²) in [4.78, 5) is 2.53. The second kappa shape index (κ2) is 8.62. The predicted molar refractivity (Wildman–Crippen MR) is 90.3 cm³/mol. The van der Waals surface area contributed by atoms with Crippen LogP contribution in [0.2, 0.25) is 5.02 Å². The van der Waals surface area contributed by atoms with Gasteiger partial charge in [-0.15, -0.1) is 0 Å². The third-order valence-corrected chi connectivity index (χ3v) is 4.50. The van der Waals surface area contributed by atoms with Gasteiger partial charge in [0.25, 0.3) is 0 Å². The van der Waals surface area contributed by atoms with Gasteiger partial charge in [-0.1, -0.05) is 30.5 Å². The van der Waals surface area contributed by atoms with E-state index < -0.39 is 0 Å². The molecule has 0 saturated heterocycles. The molecule has 2 rings (SSSR count). The summed E-state index contributed by atoms with van der Waals surface area (Å²) in [5.74, 6) is 0. The molecule has 0 unspecified atom stereocenters. The Labute approximate surface area is 133 Å². The van der Waals surface area contributed by atoms with Gasteiger partial charge in [-0.2, -0.15) is 0 Å². The minimum absolute atomic E-state index is 0.672. The van der Waals surface area contributed by atoms with Gasteiger partial charge in [0.1, 0.15) is 0 Å². The molecule has 0 aromatic heterocycles. The van der Waals surface area contributed by atoms with E-state index in [-0.39, 0.29) is 0 Å². The lowest BCUT2D eigenvalue weighted by Gasteiger charge is -2.32. The van der Waals surface area contributed by atoms with Gasteiger partial charge in [-0.3, -0.25) is 0 Å². The maximum absolute atomic E-state index is 6.24. The van der Waals surface area contributed by atoms with Gasteiger partial charge in [-0.25, -0.2) is 0 Å². The molecule has 1 N–H and O–H groups in total. The molecule has 1 aliphatic carbocycles. The fraction of sp³-hybridized carbons (Fsp3) is 0.647. The van der Waals surface area contributed by atoms with Crippen LogP contribution in [0, 0.1) is 0 Å². The molecule has 1 aromatic carbocycles. The van der Waals surface area contributed by atoms with E-state index in [1.807, 2.05) is 6.07 Å². The minimum Gasteiger partial charge on any atom is -0.383 e. The molecule has 1 aliphatic rings. The first-order valence-corrected chi connectivity index (χ1v) is 8.38. The highest BCUT2D eigenvalue weighted by molar-refractivity contribution is 6.30. The zero-order valence-electron chi connectivity index (χ0n) is 13.2. The van der Waals surface area contributed by atoms with Crippen LogP contribution in [0.4, 0.5) is 5.69 Å². The summed E-state index contributed by atoms with van der Waals surface area (Å²) >= 11 is 6.24. The van der Waals surface area contributed by atoms with Crippen LogP contribution in [0.25, 0.3) is 0 Å². The maximum atomic E-state index is 6.24. The third-order valence-electron chi connectivity index (χ3n) is 4.26. The number of nitrogens with zero attached hydrogens (tertiary/aromatic N) is 1. The van der Waals surface area contributed by atoms with E-state index in [1.165, 1.54) is 36.9 Å². The van der Waals surface area contributed by atoms with Gasteiger partial charge in [0, 0.05) is 43.5 Å². The number of hydrogen-bond acceptors (Lipinski definition) is 3. The van der Waals surface area contributed by atoms with Gasteiger partial charge < -0.3 is 15.0 Å². The van der Waals surface area contributed by atoms with E-state index in [9.17, 15) is 0 Å². The SMILES string of the molecule is CCN(c1cc(Cl)ccc1CNCCOC)C1CCCC1. The van der Waals surface area contributed by atoms with E-state index >= 15 is 0 Å². The highest BCUT2D eigenvalue weighted by Crippen LogP contribution is 2.32. The lowest BCUT2D eigenvalue weighted by Crippen LogP contribution is -2.34. The molecule has 0 heterocycles. The van der Waals surface area contributed by atoms with Crippen molar-refractivity contribution in [3.63, 3.8) is 0 Å². The number of nitrogens with one attached hydrogen (secondary N) is 1. The fourth-order valence-electron chi connectivity index (χ4n) is 3.19. The summed E-state index contributed by atoms with van der Waals surface area (Å²) in [6.07, 6.45) is 5.31. The van der Waals surface area contributed by atoms with Crippen molar-refractivity contribution in [2.75, 3.05) is 31.7 Å². The Bertz CT molecular complexity index is 433. The van der Waals surface area contributed by atoms with Crippen LogP contribution in [0.5, 0.6) is 0 Å². The third kappa shape index (κ3) is 4.60. The Kier molecular flexibility index (Phi) is 6.81. The van der Waals surface area contributed by atoms with E-state index in [4.69, 9.17) is 16.3 Å². The summed E-state index contributed by atoms with van der Waals surface area (Å²) in [7, 11) is 1.73. The minimum atomic E-state index is 0.672. The number of anilines is 1. The van der Waals surface area contributed by atoms with Gasteiger partial charge in [-0.05, 0) is 37.5 Å². The number of halogens is 1. The van der Waals surface area contributed by atoms with Gasteiger partial charge in [0.15, 0.2) is 0 Å². The van der Waals surface area contributed by atoms with Crippen molar-refractivity contribution in [3.8, 4) is 0 Å². The van der Waals surface area contributed by atoms with Crippen molar-refractivity contribution in [2.45, 2.75) is 45.2 Å². The number of hydrogen-bond donors (Lipinski definition) is 1. The summed E-state index contributed by atoms with van der Waals surface area (Å²) < 4.78 is 5.09. The van der Waals surface area contributed by atoms with Crippen LogP contribution in [0.15, 0.2) is 18.2 Å². The fourth-order valence-corrected chi connectivity index (χ4v) is 3.36. The normalized spacial score (nSPS) is 15.6. The lowest BCUT2D eigenvalue weighted by atomic mass is 10.1. The Morgan fingerprint density at radius 1 is 1.33 bits per heavy atom. The first-order chi connectivity index (χ1) is 10.3. The molecular formula is C17H27ClN2O. The van der Waals surface area contributed by atoms with Crippen molar-refractivity contribution in [1.82, 2.24) is 5.32 Å². The van der Waals surface area contributed by atoms with Crippen LogP contribution in [0.1, 0.15) is 38.2 Å². The van der Waals surface area contributed by atoms with E-state index in [0.29, 0.717) is 6.04 Å². The molecule has 0 radical (unpaired) electrons. The molecule has 0 spiro atoms. The highest BCUT2D eigenvalue weighted by Gasteiger charge is 2.23. The predicted octanol–water partition coefficient (Wildman–Crippen LogP) is 3.84. The molecule has 0 bridgehead atoms. The summed E-state index contributed by atoms with van der Waals surface area (Å²) in [5, 5.41) is 4.26. The molecule has 1 saturated carbocycles. The topological polar surface area (TPSA) is 24.5 Å². The van der Waals surface area contributed by atoms with Crippen molar-refractivity contribution >= 4 is 17.3 Å². The monoisotopic (exact) mass is 310 g/mol. The number of benzene rings is 1. The highest BCUT2D eigenvalue weighted by atomic mass is 35.5. The second-order valence-electron chi connectivity index (χ2n) is 5.67. The van der Waals surface area contributed by atoms with Crippen molar-refractivity contribution in [1.29, 1.82) is 0 Å². The number of ether oxygens (including phenoxy) is 1. The molecule has 3 nitrogen and oxygen atoms in total. The molecule has 21 heavy (non-hydrogen) atoms. The first kappa shape index (κ1) is 16.6. The van der Waals surface area contributed by atoms with Crippen LogP contribution in [-0.4, -0.2) is 32.8 Å². The van der Waals surface area contributed by atoms with Crippen LogP contribution < -0.4 is 10.2 Å². The van der Waals surface area contributed by atoms with Crippen molar-refractivity contribution in [3.05, 3.63) is 28.8 Å². The van der Waals surface area contributed by atoms with Gasteiger partial charge >= 0.3 is 0 Å². The molecule has 118 valence electrons. The van der Waals surface area contributed by atoms with Crippen molar-refractivity contribution in [2.24, 2.45) is 0 Å². The summed E-state index contributed by atoms with van der Waals surface area (Å²) in [5.41, 5.74) is 2.62. The Morgan fingerprint density at radius 3 is 2.76 bits per heavy atom. The largest absolute Gasteiger partial charge is 0.383 e. The average molecular weight is 311 g/mol. The van der Waals surface area contributed by atoms with Crippen molar-refractivity contribution < 1.29 is 4.74 Å². The zero-order chi connectivity index (χ0) is 15.1. The Balaban J connectivity index is 2.12. The van der Waals surface area contributed by atoms with Gasteiger partial charge in [0.2, 0.25) is 0 Å². The maximum Gasteiger partial charge on any atom is 0.0587 e. The zero-order valence-corrected chi connectivity index (χ0v) is 14.0. The molecule has 0 aliphatic heterocycles. The van der Waals surface area contributed by atoms with Gasteiger partial charge in [0.05, 0.1) is 6.61 Å². The summed E-state index contributed by atoms with van der Waals surface area (Å²) in [6.45, 7) is 5.74.